The smallest absolute Gasteiger partial charge is 0.331 e. The first kappa shape index (κ1) is 17.5. The number of urea groups is 1. The van der Waals surface area contributed by atoms with E-state index in [4.69, 9.17) is 4.42 Å². The quantitative estimate of drug-likeness (QED) is 0.561. The van der Waals surface area contributed by atoms with E-state index in [1.807, 2.05) is 48.0 Å². The molecule has 7 heteroatoms. The fourth-order valence-electron chi connectivity index (χ4n) is 3.00. The van der Waals surface area contributed by atoms with Crippen LogP contribution in [-0.2, 0) is 16.1 Å². The van der Waals surface area contributed by atoms with Gasteiger partial charge in [0, 0.05) is 17.6 Å². The number of aryl methyl sites for hydroxylation is 1. The van der Waals surface area contributed by atoms with Gasteiger partial charge < -0.3 is 8.98 Å². The molecule has 1 aliphatic heterocycles. The maximum atomic E-state index is 12.8. The molecule has 0 aliphatic carbocycles. The number of amides is 4. The predicted molar refractivity (Wildman–Crippen MR) is 101 cm³/mol. The minimum Gasteiger partial charge on any atom is -0.467 e. The van der Waals surface area contributed by atoms with Crippen molar-refractivity contribution in [2.24, 2.45) is 0 Å². The van der Waals surface area contributed by atoms with Gasteiger partial charge in [0.25, 0.3) is 11.8 Å². The number of furan rings is 1. The third-order valence-electron chi connectivity index (χ3n) is 4.46. The highest BCUT2D eigenvalue weighted by Gasteiger charge is 2.36. The van der Waals surface area contributed by atoms with Crippen LogP contribution in [0.3, 0.4) is 0 Å². The molecule has 1 aliphatic rings. The van der Waals surface area contributed by atoms with Gasteiger partial charge in [-0.2, -0.15) is 0 Å². The largest absolute Gasteiger partial charge is 0.467 e. The average molecular weight is 375 g/mol. The molecule has 2 aromatic heterocycles. The first-order valence-corrected chi connectivity index (χ1v) is 8.68. The number of imide groups is 2. The Balaban J connectivity index is 1.68. The van der Waals surface area contributed by atoms with Crippen molar-refractivity contribution in [3.8, 4) is 5.69 Å². The van der Waals surface area contributed by atoms with Gasteiger partial charge >= 0.3 is 6.03 Å². The van der Waals surface area contributed by atoms with Gasteiger partial charge in [-0.3, -0.25) is 19.8 Å². The number of aromatic nitrogens is 1. The van der Waals surface area contributed by atoms with Gasteiger partial charge in [0.15, 0.2) is 0 Å². The molecule has 7 nitrogen and oxygen atoms in total. The third kappa shape index (κ3) is 3.25. The normalized spacial score (nSPS) is 16.0. The second-order valence-electron chi connectivity index (χ2n) is 6.43. The lowest BCUT2D eigenvalue weighted by atomic mass is 10.1. The van der Waals surface area contributed by atoms with Gasteiger partial charge in [0.05, 0.1) is 12.8 Å². The van der Waals surface area contributed by atoms with Crippen LogP contribution < -0.4 is 5.32 Å². The van der Waals surface area contributed by atoms with Crippen molar-refractivity contribution in [1.82, 2.24) is 14.8 Å². The highest BCUT2D eigenvalue weighted by Crippen LogP contribution is 2.20. The summed E-state index contributed by atoms with van der Waals surface area (Å²) < 4.78 is 7.07. The number of barbiturate groups is 1. The zero-order valence-electron chi connectivity index (χ0n) is 15.1. The van der Waals surface area contributed by atoms with Crippen molar-refractivity contribution < 1.29 is 18.8 Å². The molecule has 1 aromatic carbocycles. The Morgan fingerprint density at radius 3 is 2.54 bits per heavy atom. The minimum atomic E-state index is -0.766. The summed E-state index contributed by atoms with van der Waals surface area (Å²) in [6.45, 7) is 1.94. The topological polar surface area (TPSA) is 84.6 Å². The zero-order valence-corrected chi connectivity index (χ0v) is 15.1. The lowest BCUT2D eigenvalue weighted by Crippen LogP contribution is -2.53. The molecule has 4 amide bonds. The Bertz CT molecular complexity index is 1080. The van der Waals surface area contributed by atoms with E-state index in [0.717, 1.165) is 16.2 Å². The number of nitrogens with one attached hydrogen (secondary N) is 1. The van der Waals surface area contributed by atoms with Gasteiger partial charge in [0.1, 0.15) is 11.3 Å². The highest BCUT2D eigenvalue weighted by atomic mass is 16.3. The van der Waals surface area contributed by atoms with E-state index in [2.05, 4.69) is 5.32 Å². The summed E-state index contributed by atoms with van der Waals surface area (Å²) in [6, 6.07) is 14.0. The van der Waals surface area contributed by atoms with Crippen LogP contribution in [0, 0.1) is 6.92 Å². The molecule has 4 rings (SSSR count). The molecule has 0 saturated carbocycles. The third-order valence-corrected chi connectivity index (χ3v) is 4.46. The Hall–Kier alpha value is -3.87. The van der Waals surface area contributed by atoms with Crippen molar-refractivity contribution in [1.29, 1.82) is 0 Å². The maximum absolute atomic E-state index is 12.8. The van der Waals surface area contributed by atoms with E-state index >= 15 is 0 Å². The lowest BCUT2D eigenvalue weighted by molar-refractivity contribution is -0.130. The monoisotopic (exact) mass is 375 g/mol. The van der Waals surface area contributed by atoms with Gasteiger partial charge in [-0.25, -0.2) is 4.79 Å². The van der Waals surface area contributed by atoms with E-state index in [9.17, 15) is 14.4 Å². The van der Waals surface area contributed by atoms with Gasteiger partial charge in [-0.05, 0) is 49.4 Å². The number of carbonyl (C=O) groups is 3. The second kappa shape index (κ2) is 7.03. The zero-order chi connectivity index (χ0) is 19.7. The lowest BCUT2D eigenvalue weighted by Gasteiger charge is -2.25. The van der Waals surface area contributed by atoms with Gasteiger partial charge in [-0.15, -0.1) is 0 Å². The Labute approximate surface area is 160 Å². The molecule has 3 aromatic rings. The summed E-state index contributed by atoms with van der Waals surface area (Å²) in [6.07, 6.45) is 4.78. The summed E-state index contributed by atoms with van der Waals surface area (Å²) in [4.78, 5) is 38.2. The van der Waals surface area contributed by atoms with Crippen LogP contribution in [-0.4, -0.2) is 27.3 Å². The molecule has 3 heterocycles. The average Bonchev–Trinajstić information content (AvgIpc) is 3.35. The fourth-order valence-corrected chi connectivity index (χ4v) is 3.00. The van der Waals surface area contributed by atoms with Crippen molar-refractivity contribution in [3.05, 3.63) is 83.6 Å². The molecule has 0 bridgehead atoms. The molecular weight excluding hydrogens is 358 g/mol. The molecule has 0 spiro atoms. The number of benzene rings is 1. The van der Waals surface area contributed by atoms with Crippen molar-refractivity contribution in [3.63, 3.8) is 0 Å². The summed E-state index contributed by atoms with van der Waals surface area (Å²) >= 11 is 0. The summed E-state index contributed by atoms with van der Waals surface area (Å²) in [7, 11) is 0. The van der Waals surface area contributed by atoms with Crippen LogP contribution >= 0.6 is 0 Å². The number of nitrogens with zero attached hydrogens (tertiary/aromatic N) is 2. The Kier molecular flexibility index (Phi) is 4.41. The first-order valence-electron chi connectivity index (χ1n) is 8.68. The van der Waals surface area contributed by atoms with E-state index < -0.39 is 17.8 Å². The van der Waals surface area contributed by atoms with Crippen LogP contribution in [0.15, 0.2) is 71.0 Å². The van der Waals surface area contributed by atoms with Gasteiger partial charge in [-0.1, -0.05) is 17.7 Å². The molecule has 0 atom stereocenters. The summed E-state index contributed by atoms with van der Waals surface area (Å²) in [5, 5.41) is 2.21. The number of hydrogen-bond acceptors (Lipinski definition) is 4. The molecule has 0 radical (unpaired) electrons. The fraction of sp³-hybridized carbons (Fsp3) is 0.0952. The van der Waals surface area contributed by atoms with Crippen LogP contribution in [0.2, 0.25) is 0 Å². The van der Waals surface area contributed by atoms with Crippen LogP contribution in [0.4, 0.5) is 4.79 Å². The molecule has 140 valence electrons. The second-order valence-corrected chi connectivity index (χ2v) is 6.43. The minimum absolute atomic E-state index is 0.0543. The van der Waals surface area contributed by atoms with Crippen molar-refractivity contribution >= 4 is 23.9 Å². The van der Waals surface area contributed by atoms with E-state index in [0.29, 0.717) is 11.5 Å². The molecule has 1 N–H and O–H groups in total. The van der Waals surface area contributed by atoms with Crippen molar-refractivity contribution in [2.45, 2.75) is 13.5 Å². The maximum Gasteiger partial charge on any atom is 0.331 e. The summed E-state index contributed by atoms with van der Waals surface area (Å²) in [5.41, 5.74) is 2.56. The van der Waals surface area contributed by atoms with Crippen molar-refractivity contribution in [2.75, 3.05) is 0 Å². The highest BCUT2D eigenvalue weighted by molar-refractivity contribution is 6.30. The first-order chi connectivity index (χ1) is 13.5. The molecule has 28 heavy (non-hydrogen) atoms. The SMILES string of the molecule is Cc1ccc(-n2cccc2C=C2C(=O)NC(=O)N(Cc3ccco3)C2=O)cc1. The van der Waals surface area contributed by atoms with E-state index in [1.165, 1.54) is 12.3 Å². The van der Waals surface area contributed by atoms with Crippen LogP contribution in [0.5, 0.6) is 0 Å². The van der Waals surface area contributed by atoms with Crippen LogP contribution in [0.1, 0.15) is 17.0 Å². The molecular formula is C21H17N3O4. The summed E-state index contributed by atoms with van der Waals surface area (Å²) in [5.74, 6) is -0.940. The standard InChI is InChI=1S/C21H17N3O4/c1-14-6-8-15(9-7-14)23-10-2-4-16(23)12-18-19(25)22-21(27)24(20(18)26)13-17-5-3-11-28-17/h2-12H,13H2,1H3,(H,22,25,27). The number of hydrogen-bond donors (Lipinski definition) is 1. The van der Waals surface area contributed by atoms with Crippen LogP contribution in [0.25, 0.3) is 11.8 Å². The number of carbonyl (C=O) groups excluding carboxylic acids is 3. The predicted octanol–water partition coefficient (Wildman–Crippen LogP) is 3.04. The van der Waals surface area contributed by atoms with Gasteiger partial charge in [0.2, 0.25) is 0 Å². The number of rotatable bonds is 4. The molecule has 1 saturated heterocycles. The Morgan fingerprint density at radius 2 is 1.82 bits per heavy atom. The van der Waals surface area contributed by atoms with E-state index in [1.54, 1.807) is 18.2 Å². The molecule has 0 unspecified atom stereocenters. The van der Waals surface area contributed by atoms with E-state index in [-0.39, 0.29) is 12.1 Å². The molecule has 1 fully saturated rings. The Morgan fingerprint density at radius 1 is 1.04 bits per heavy atom.